The highest BCUT2D eigenvalue weighted by atomic mass is 32.1. The normalized spacial score (nSPS) is 21.4. The molecule has 0 radical (unpaired) electrons. The fourth-order valence-corrected chi connectivity index (χ4v) is 5.30. The lowest BCUT2D eigenvalue weighted by molar-refractivity contribution is 0.0553. The zero-order chi connectivity index (χ0) is 20.0. The number of amides is 1. The second-order valence-corrected chi connectivity index (χ2v) is 9.15. The number of carbonyl (C=O) groups is 1. The minimum Gasteiger partial charge on any atom is -0.337 e. The highest BCUT2D eigenvalue weighted by Crippen LogP contribution is 2.35. The third-order valence-corrected chi connectivity index (χ3v) is 7.01. The molecule has 150 valence electrons. The van der Waals surface area contributed by atoms with Gasteiger partial charge in [-0.25, -0.2) is 4.98 Å². The number of carbonyl (C=O) groups excluding carboxylic acids is 1. The molecular formula is C23H26N4OS. The van der Waals surface area contributed by atoms with E-state index in [2.05, 4.69) is 62.1 Å². The molecule has 2 atom stereocenters. The van der Waals surface area contributed by atoms with E-state index in [1.54, 1.807) is 11.3 Å². The standard InChI is InChI=1S/C23H26N4OS/c1-3-17-6-8-18(9-7-17)11-25-13-21-22(14-25)27(12-19-15-29-16(2)24-19)23(28)20-5-4-10-26(20)21/h4-10,15,21-22H,3,11-14H2,1-2H3/t21-,22-/m1/s1. The highest BCUT2D eigenvalue weighted by molar-refractivity contribution is 7.09. The lowest BCUT2D eigenvalue weighted by atomic mass is 10.1. The van der Waals surface area contributed by atoms with Crippen molar-refractivity contribution in [1.29, 1.82) is 0 Å². The molecule has 0 spiro atoms. The molecule has 4 heterocycles. The van der Waals surface area contributed by atoms with Crippen LogP contribution in [0.3, 0.4) is 0 Å². The van der Waals surface area contributed by atoms with Crippen LogP contribution in [0.2, 0.25) is 0 Å². The SMILES string of the molecule is CCc1ccc(CN2C[C@@H]3[C@@H](C2)n2cccc2C(=O)N3Cc2csc(C)n2)cc1. The minimum atomic E-state index is 0.121. The smallest absolute Gasteiger partial charge is 0.271 e. The van der Waals surface area contributed by atoms with Crippen molar-refractivity contribution < 1.29 is 4.79 Å². The van der Waals surface area contributed by atoms with Crippen LogP contribution in [-0.4, -0.2) is 44.4 Å². The lowest BCUT2D eigenvalue weighted by Gasteiger charge is -2.38. The van der Waals surface area contributed by atoms with E-state index in [0.29, 0.717) is 12.6 Å². The first-order valence-electron chi connectivity index (χ1n) is 10.3. The quantitative estimate of drug-likeness (QED) is 0.645. The van der Waals surface area contributed by atoms with Crippen molar-refractivity contribution in [1.82, 2.24) is 19.4 Å². The Morgan fingerprint density at radius 1 is 1.07 bits per heavy atom. The Morgan fingerprint density at radius 2 is 1.83 bits per heavy atom. The molecule has 0 saturated carbocycles. The summed E-state index contributed by atoms with van der Waals surface area (Å²) < 4.78 is 2.19. The number of aromatic nitrogens is 2. The van der Waals surface area contributed by atoms with E-state index in [1.807, 2.05) is 19.1 Å². The first-order valence-corrected chi connectivity index (χ1v) is 11.2. The molecule has 2 aromatic heterocycles. The molecule has 3 aromatic rings. The number of benzene rings is 1. The molecule has 5 nitrogen and oxygen atoms in total. The summed E-state index contributed by atoms with van der Waals surface area (Å²) in [5.41, 5.74) is 4.50. The van der Waals surface area contributed by atoms with Gasteiger partial charge in [0.25, 0.3) is 5.91 Å². The molecule has 1 aromatic carbocycles. The van der Waals surface area contributed by atoms with E-state index in [1.165, 1.54) is 11.1 Å². The molecule has 6 heteroatoms. The third-order valence-electron chi connectivity index (χ3n) is 6.19. The summed E-state index contributed by atoms with van der Waals surface area (Å²) in [6.07, 6.45) is 3.13. The Morgan fingerprint density at radius 3 is 2.55 bits per heavy atom. The predicted molar refractivity (Wildman–Crippen MR) is 115 cm³/mol. The topological polar surface area (TPSA) is 41.4 Å². The van der Waals surface area contributed by atoms with Crippen molar-refractivity contribution in [2.45, 2.75) is 45.4 Å². The van der Waals surface area contributed by atoms with Gasteiger partial charge in [-0.2, -0.15) is 0 Å². The number of aryl methyl sites for hydroxylation is 2. The summed E-state index contributed by atoms with van der Waals surface area (Å²) in [7, 11) is 0. The second kappa shape index (κ2) is 7.43. The first-order chi connectivity index (χ1) is 14.1. The van der Waals surface area contributed by atoms with E-state index >= 15 is 0 Å². The van der Waals surface area contributed by atoms with Crippen LogP contribution in [0, 0.1) is 6.92 Å². The van der Waals surface area contributed by atoms with Crippen LogP contribution in [0.4, 0.5) is 0 Å². The van der Waals surface area contributed by atoms with Crippen LogP contribution in [-0.2, 0) is 19.5 Å². The highest BCUT2D eigenvalue weighted by Gasteiger charge is 2.44. The van der Waals surface area contributed by atoms with Gasteiger partial charge in [-0.1, -0.05) is 31.2 Å². The maximum Gasteiger partial charge on any atom is 0.271 e. The Hall–Kier alpha value is -2.44. The molecule has 1 saturated heterocycles. The first kappa shape index (κ1) is 18.6. The predicted octanol–water partition coefficient (Wildman–Crippen LogP) is 3.90. The van der Waals surface area contributed by atoms with Gasteiger partial charge in [0, 0.05) is 31.2 Å². The Kier molecular flexibility index (Phi) is 4.76. The van der Waals surface area contributed by atoms with E-state index in [4.69, 9.17) is 0 Å². The summed E-state index contributed by atoms with van der Waals surface area (Å²) in [4.78, 5) is 22.4. The van der Waals surface area contributed by atoms with Gasteiger partial charge in [0.1, 0.15) is 5.69 Å². The number of hydrogen-bond acceptors (Lipinski definition) is 4. The van der Waals surface area contributed by atoms with Crippen LogP contribution in [0.15, 0.2) is 48.0 Å². The van der Waals surface area contributed by atoms with Gasteiger partial charge in [0.2, 0.25) is 0 Å². The molecule has 0 N–H and O–H groups in total. The van der Waals surface area contributed by atoms with Crippen molar-refractivity contribution in [2.75, 3.05) is 13.1 Å². The van der Waals surface area contributed by atoms with Crippen molar-refractivity contribution in [3.05, 3.63) is 75.5 Å². The van der Waals surface area contributed by atoms with Gasteiger partial charge < -0.3 is 9.47 Å². The van der Waals surface area contributed by atoms with E-state index in [0.717, 1.165) is 42.5 Å². The summed E-state index contributed by atoms with van der Waals surface area (Å²) in [5.74, 6) is 0.121. The van der Waals surface area contributed by atoms with E-state index in [-0.39, 0.29) is 11.9 Å². The van der Waals surface area contributed by atoms with Gasteiger partial charge in [-0.3, -0.25) is 9.69 Å². The molecule has 1 amide bonds. The molecule has 0 unspecified atom stereocenters. The number of fused-ring (bicyclic) bond motifs is 3. The van der Waals surface area contributed by atoms with Gasteiger partial charge >= 0.3 is 0 Å². The van der Waals surface area contributed by atoms with Crippen LogP contribution < -0.4 is 0 Å². The summed E-state index contributed by atoms with van der Waals surface area (Å²) in [6, 6.07) is 13.3. The maximum atomic E-state index is 13.2. The van der Waals surface area contributed by atoms with Crippen LogP contribution in [0.5, 0.6) is 0 Å². The number of nitrogens with zero attached hydrogens (tertiary/aromatic N) is 4. The zero-order valence-electron chi connectivity index (χ0n) is 16.9. The molecular weight excluding hydrogens is 380 g/mol. The van der Waals surface area contributed by atoms with Gasteiger partial charge in [0.05, 0.1) is 29.3 Å². The zero-order valence-corrected chi connectivity index (χ0v) is 17.7. The van der Waals surface area contributed by atoms with Crippen molar-refractivity contribution in [2.24, 2.45) is 0 Å². The van der Waals surface area contributed by atoms with Gasteiger partial charge in [-0.15, -0.1) is 11.3 Å². The Bertz CT molecular complexity index is 1020. The van der Waals surface area contributed by atoms with E-state index < -0.39 is 0 Å². The molecule has 0 aliphatic carbocycles. The minimum absolute atomic E-state index is 0.121. The molecule has 2 aliphatic rings. The van der Waals surface area contributed by atoms with Gasteiger partial charge in [-0.05, 0) is 36.6 Å². The van der Waals surface area contributed by atoms with Gasteiger partial charge in [0.15, 0.2) is 0 Å². The second-order valence-electron chi connectivity index (χ2n) is 8.09. The molecule has 0 bridgehead atoms. The summed E-state index contributed by atoms with van der Waals surface area (Å²) in [5, 5.41) is 3.13. The fourth-order valence-electron chi connectivity index (χ4n) is 4.70. The van der Waals surface area contributed by atoms with E-state index in [9.17, 15) is 4.79 Å². The average Bonchev–Trinajstić information content (AvgIpc) is 3.45. The number of hydrogen-bond donors (Lipinski definition) is 0. The monoisotopic (exact) mass is 406 g/mol. The maximum absolute atomic E-state index is 13.2. The number of likely N-dealkylation sites (tertiary alicyclic amines) is 1. The molecule has 2 aliphatic heterocycles. The van der Waals surface area contributed by atoms with Crippen LogP contribution in [0.1, 0.15) is 45.3 Å². The average molecular weight is 407 g/mol. The number of rotatable bonds is 5. The lowest BCUT2D eigenvalue weighted by Crippen LogP contribution is -2.49. The largest absolute Gasteiger partial charge is 0.337 e. The van der Waals surface area contributed by atoms with Crippen molar-refractivity contribution in [3.63, 3.8) is 0 Å². The molecule has 29 heavy (non-hydrogen) atoms. The Labute approximate surface area is 175 Å². The number of thiazole rings is 1. The van der Waals surface area contributed by atoms with Crippen molar-refractivity contribution in [3.8, 4) is 0 Å². The van der Waals surface area contributed by atoms with Crippen LogP contribution >= 0.6 is 11.3 Å². The molecule has 1 fully saturated rings. The fraction of sp³-hybridized carbons (Fsp3) is 0.391. The Balaban J connectivity index is 1.39. The summed E-state index contributed by atoms with van der Waals surface area (Å²) >= 11 is 1.65. The summed E-state index contributed by atoms with van der Waals surface area (Å²) in [6.45, 7) is 7.57. The van der Waals surface area contributed by atoms with Crippen LogP contribution in [0.25, 0.3) is 0 Å². The van der Waals surface area contributed by atoms with Crippen molar-refractivity contribution >= 4 is 17.2 Å². The third kappa shape index (κ3) is 3.40. The molecule has 5 rings (SSSR count).